The number of carboxylic acid groups (broad SMARTS) is 1. The van der Waals surface area contributed by atoms with Crippen LogP contribution in [0.3, 0.4) is 0 Å². The summed E-state index contributed by atoms with van der Waals surface area (Å²) in [5.41, 5.74) is 0.851. The number of carboxylic acids is 1. The van der Waals surface area contributed by atoms with E-state index in [4.69, 9.17) is 19.3 Å². The lowest BCUT2D eigenvalue weighted by Gasteiger charge is -2.31. The number of aliphatic carboxylic acids is 1. The van der Waals surface area contributed by atoms with Crippen molar-refractivity contribution < 1.29 is 28.9 Å². The first-order chi connectivity index (χ1) is 12.6. The molecule has 2 aromatic rings. The second-order valence-corrected chi connectivity index (χ2v) is 6.97. The van der Waals surface area contributed by atoms with E-state index in [9.17, 15) is 9.59 Å². The molecule has 1 saturated heterocycles. The van der Waals surface area contributed by atoms with Crippen molar-refractivity contribution in [2.75, 3.05) is 26.5 Å². The summed E-state index contributed by atoms with van der Waals surface area (Å²) in [4.78, 5) is 30.0. The van der Waals surface area contributed by atoms with E-state index in [1.807, 2.05) is 18.2 Å². The lowest BCUT2D eigenvalue weighted by molar-refractivity contribution is -0.141. The lowest BCUT2D eigenvalue weighted by Crippen LogP contribution is -2.46. The highest BCUT2D eigenvalue weighted by atomic mass is 32.1. The fourth-order valence-corrected chi connectivity index (χ4v) is 3.79. The smallest absolute Gasteiger partial charge is 0.306 e. The highest BCUT2D eigenvalue weighted by Gasteiger charge is 2.28. The van der Waals surface area contributed by atoms with Crippen molar-refractivity contribution in [3.8, 4) is 22.1 Å². The predicted molar refractivity (Wildman–Crippen MR) is 91.6 cm³/mol. The molecule has 1 fully saturated rings. The average Bonchev–Trinajstić information content (AvgIpc) is 3.29. The molecule has 0 unspecified atom stereocenters. The summed E-state index contributed by atoms with van der Waals surface area (Å²) in [6.45, 7) is 1.24. The molecule has 2 aliphatic heterocycles. The number of hydrogen-bond acceptors (Lipinski definition) is 7. The Morgan fingerprint density at radius 1 is 1.31 bits per heavy atom. The Kier molecular flexibility index (Phi) is 4.48. The number of amides is 1. The van der Waals surface area contributed by atoms with Crippen LogP contribution in [-0.2, 0) is 9.53 Å². The van der Waals surface area contributed by atoms with Crippen LogP contribution in [-0.4, -0.2) is 59.5 Å². The molecule has 136 valence electrons. The number of fused-ring (bicyclic) bond motifs is 1. The third-order valence-corrected chi connectivity index (χ3v) is 5.20. The van der Waals surface area contributed by atoms with Crippen molar-refractivity contribution in [1.82, 2.24) is 9.88 Å². The number of morpholine rings is 1. The van der Waals surface area contributed by atoms with Crippen LogP contribution >= 0.6 is 11.3 Å². The van der Waals surface area contributed by atoms with Gasteiger partial charge in [0.05, 0.1) is 25.3 Å². The van der Waals surface area contributed by atoms with Crippen molar-refractivity contribution >= 4 is 23.2 Å². The van der Waals surface area contributed by atoms with Crippen LogP contribution in [0, 0.1) is 0 Å². The highest BCUT2D eigenvalue weighted by molar-refractivity contribution is 7.16. The van der Waals surface area contributed by atoms with Gasteiger partial charge in [-0.05, 0) is 18.2 Å². The summed E-state index contributed by atoms with van der Waals surface area (Å²) in [5.74, 6) is 0.259. The first-order valence-corrected chi connectivity index (χ1v) is 8.90. The third kappa shape index (κ3) is 3.35. The van der Waals surface area contributed by atoms with Gasteiger partial charge in [0.25, 0.3) is 5.91 Å². The van der Waals surface area contributed by atoms with Crippen LogP contribution < -0.4 is 9.47 Å². The Bertz CT molecular complexity index is 852. The summed E-state index contributed by atoms with van der Waals surface area (Å²) in [6.07, 6.45) is 0.954. The molecule has 0 radical (unpaired) electrons. The zero-order valence-electron chi connectivity index (χ0n) is 13.7. The molecule has 4 rings (SSSR count). The minimum Gasteiger partial charge on any atom is -0.481 e. The maximum Gasteiger partial charge on any atom is 0.306 e. The van der Waals surface area contributed by atoms with E-state index in [1.165, 1.54) is 11.3 Å². The summed E-state index contributed by atoms with van der Waals surface area (Å²) >= 11 is 1.29. The van der Waals surface area contributed by atoms with Crippen molar-refractivity contribution in [1.29, 1.82) is 0 Å². The minimum absolute atomic E-state index is 0.116. The monoisotopic (exact) mass is 376 g/mol. The first kappa shape index (κ1) is 16.8. The molecule has 9 heteroatoms. The molecule has 0 bridgehead atoms. The molecule has 8 nitrogen and oxygen atoms in total. The summed E-state index contributed by atoms with van der Waals surface area (Å²) in [6, 6.07) is 5.53. The first-order valence-electron chi connectivity index (χ1n) is 8.08. The zero-order valence-corrected chi connectivity index (χ0v) is 14.5. The van der Waals surface area contributed by atoms with Gasteiger partial charge in [0.1, 0.15) is 9.88 Å². The number of aromatic nitrogens is 1. The Morgan fingerprint density at radius 2 is 2.15 bits per heavy atom. The molecular formula is C17H16N2O6S. The molecule has 1 aromatic carbocycles. The van der Waals surface area contributed by atoms with Crippen molar-refractivity contribution in [2.45, 2.75) is 12.5 Å². The fourth-order valence-electron chi connectivity index (χ4n) is 2.91. The summed E-state index contributed by atoms with van der Waals surface area (Å²) in [7, 11) is 0. The van der Waals surface area contributed by atoms with Gasteiger partial charge in [0, 0.05) is 18.7 Å². The number of benzene rings is 1. The Hall–Kier alpha value is -2.65. The average molecular weight is 376 g/mol. The fraction of sp³-hybridized carbons (Fsp3) is 0.353. The molecular weight excluding hydrogens is 360 g/mol. The van der Waals surface area contributed by atoms with Gasteiger partial charge in [0.2, 0.25) is 6.79 Å². The summed E-state index contributed by atoms with van der Waals surface area (Å²) < 4.78 is 16.1. The molecule has 1 amide bonds. The van der Waals surface area contributed by atoms with E-state index in [2.05, 4.69) is 4.98 Å². The van der Waals surface area contributed by atoms with E-state index in [-0.39, 0.29) is 25.7 Å². The van der Waals surface area contributed by atoms with Crippen LogP contribution in [0.25, 0.3) is 10.6 Å². The van der Waals surface area contributed by atoms with Gasteiger partial charge in [-0.25, -0.2) is 4.98 Å². The van der Waals surface area contributed by atoms with Gasteiger partial charge in [0.15, 0.2) is 11.5 Å². The number of carbonyl (C=O) groups is 2. The highest BCUT2D eigenvalue weighted by Crippen LogP contribution is 2.37. The van der Waals surface area contributed by atoms with Gasteiger partial charge in [-0.2, -0.15) is 0 Å². The molecule has 2 aliphatic rings. The number of hydrogen-bond donors (Lipinski definition) is 1. The van der Waals surface area contributed by atoms with Gasteiger partial charge in [-0.15, -0.1) is 11.3 Å². The molecule has 1 aromatic heterocycles. The van der Waals surface area contributed by atoms with Gasteiger partial charge in [-0.1, -0.05) is 0 Å². The topological polar surface area (TPSA) is 98.2 Å². The Morgan fingerprint density at radius 3 is 3.00 bits per heavy atom. The van der Waals surface area contributed by atoms with Gasteiger partial charge < -0.3 is 24.2 Å². The number of carbonyl (C=O) groups excluding carboxylic acids is 1. The van der Waals surface area contributed by atoms with E-state index in [0.29, 0.717) is 34.5 Å². The van der Waals surface area contributed by atoms with Gasteiger partial charge in [-0.3, -0.25) is 9.59 Å². The van der Waals surface area contributed by atoms with Crippen molar-refractivity contribution in [3.05, 3.63) is 29.3 Å². The number of rotatable bonds is 4. The SMILES string of the molecule is O=C(O)C[C@H]1CN(C(=O)c2cnc(-c3ccc4c(c3)OCO4)s2)CCO1. The molecule has 1 atom stereocenters. The van der Waals surface area contributed by atoms with Crippen LogP contribution in [0.2, 0.25) is 0 Å². The number of thiazole rings is 1. The van der Waals surface area contributed by atoms with Crippen LogP contribution in [0.5, 0.6) is 11.5 Å². The number of nitrogens with zero attached hydrogens (tertiary/aromatic N) is 2. The zero-order chi connectivity index (χ0) is 18.1. The van der Waals surface area contributed by atoms with E-state index < -0.39 is 12.1 Å². The largest absolute Gasteiger partial charge is 0.481 e. The second kappa shape index (κ2) is 6.93. The number of ether oxygens (including phenoxy) is 3. The van der Waals surface area contributed by atoms with Crippen LogP contribution in [0.1, 0.15) is 16.1 Å². The van der Waals surface area contributed by atoms with Crippen molar-refractivity contribution in [2.24, 2.45) is 0 Å². The lowest BCUT2D eigenvalue weighted by atomic mass is 10.2. The van der Waals surface area contributed by atoms with Crippen LogP contribution in [0.4, 0.5) is 0 Å². The maximum atomic E-state index is 12.7. The molecule has 0 spiro atoms. The quantitative estimate of drug-likeness (QED) is 0.869. The standard InChI is InChI=1S/C17H16N2O6S/c20-15(21)6-11-8-19(3-4-23-11)17(22)14-7-18-16(26-14)10-1-2-12-13(5-10)25-9-24-12/h1-2,5,7,11H,3-4,6,8-9H2,(H,20,21)/t11-/m0/s1. The van der Waals surface area contributed by atoms with Crippen LogP contribution in [0.15, 0.2) is 24.4 Å². The Labute approximate surface area is 152 Å². The second-order valence-electron chi connectivity index (χ2n) is 5.94. The Balaban J connectivity index is 1.49. The predicted octanol–water partition coefficient (Wildman–Crippen LogP) is 1.85. The molecule has 26 heavy (non-hydrogen) atoms. The third-order valence-electron chi connectivity index (χ3n) is 4.16. The molecule has 1 N–H and O–H groups in total. The molecule has 0 saturated carbocycles. The van der Waals surface area contributed by atoms with Gasteiger partial charge >= 0.3 is 5.97 Å². The maximum absolute atomic E-state index is 12.7. The molecule has 3 heterocycles. The normalized spacial score (nSPS) is 18.8. The van der Waals surface area contributed by atoms with Crippen molar-refractivity contribution in [3.63, 3.8) is 0 Å². The summed E-state index contributed by atoms with van der Waals surface area (Å²) in [5, 5.41) is 9.60. The van der Waals surface area contributed by atoms with E-state index in [1.54, 1.807) is 11.1 Å². The van der Waals surface area contributed by atoms with E-state index in [0.717, 1.165) is 5.56 Å². The molecule has 0 aliphatic carbocycles. The van der Waals surface area contributed by atoms with E-state index >= 15 is 0 Å². The minimum atomic E-state index is -0.938.